The zero-order valence-electron chi connectivity index (χ0n) is 13.9. The van der Waals surface area contributed by atoms with Crippen LogP contribution in [0.3, 0.4) is 0 Å². The van der Waals surface area contributed by atoms with Crippen LogP contribution < -0.4 is 10.6 Å². The van der Waals surface area contributed by atoms with Crippen molar-refractivity contribution in [1.82, 2.24) is 0 Å². The highest BCUT2D eigenvalue weighted by molar-refractivity contribution is 8.00. The van der Waals surface area contributed by atoms with Crippen molar-refractivity contribution in [2.24, 2.45) is 0 Å². The maximum absolute atomic E-state index is 12.1. The molecule has 5 nitrogen and oxygen atoms in total. The third kappa shape index (κ3) is 5.53. The summed E-state index contributed by atoms with van der Waals surface area (Å²) in [5, 5.41) is 6.37. The molecule has 138 valence electrons. The topological polar surface area (TPSA) is 71.3 Å². The van der Waals surface area contributed by atoms with Crippen LogP contribution in [0.25, 0.3) is 0 Å². The van der Waals surface area contributed by atoms with Crippen molar-refractivity contribution < 1.29 is 14.0 Å². The van der Waals surface area contributed by atoms with Crippen LogP contribution in [0.5, 0.6) is 0 Å². The fourth-order valence-electron chi connectivity index (χ4n) is 2.19. The van der Waals surface area contributed by atoms with E-state index in [1.165, 1.54) is 18.0 Å². The van der Waals surface area contributed by atoms with Crippen LogP contribution in [0.4, 0.5) is 11.4 Å². The van der Waals surface area contributed by atoms with Gasteiger partial charge in [0.25, 0.3) is 5.91 Å². The summed E-state index contributed by atoms with van der Waals surface area (Å²) >= 11 is 13.2. The van der Waals surface area contributed by atoms with Gasteiger partial charge in [-0.3, -0.25) is 9.59 Å². The van der Waals surface area contributed by atoms with Gasteiger partial charge in [-0.25, -0.2) is 0 Å². The molecular weight excluding hydrogens is 407 g/mol. The molecule has 27 heavy (non-hydrogen) atoms. The van der Waals surface area contributed by atoms with Crippen LogP contribution in [-0.2, 0) is 4.79 Å². The predicted molar refractivity (Wildman–Crippen MR) is 109 cm³/mol. The van der Waals surface area contributed by atoms with Crippen molar-refractivity contribution in [3.8, 4) is 0 Å². The Morgan fingerprint density at radius 1 is 1.00 bits per heavy atom. The summed E-state index contributed by atoms with van der Waals surface area (Å²) in [7, 11) is 0. The summed E-state index contributed by atoms with van der Waals surface area (Å²) in [4.78, 5) is 25.0. The second-order valence-corrected chi connectivity index (χ2v) is 7.31. The van der Waals surface area contributed by atoms with Crippen LogP contribution in [0.15, 0.2) is 70.2 Å². The van der Waals surface area contributed by atoms with E-state index in [0.29, 0.717) is 21.4 Å². The Labute approximate surface area is 170 Å². The quantitative estimate of drug-likeness (QED) is 0.511. The maximum atomic E-state index is 12.1. The van der Waals surface area contributed by atoms with Crippen LogP contribution in [0.1, 0.15) is 10.6 Å². The van der Waals surface area contributed by atoms with E-state index in [9.17, 15) is 9.59 Å². The van der Waals surface area contributed by atoms with E-state index in [1.54, 1.807) is 48.5 Å². The number of furan rings is 1. The molecule has 0 aliphatic carbocycles. The van der Waals surface area contributed by atoms with E-state index in [0.717, 1.165) is 4.90 Å². The average Bonchev–Trinajstić information content (AvgIpc) is 3.18. The van der Waals surface area contributed by atoms with Crippen molar-refractivity contribution in [2.45, 2.75) is 4.90 Å². The minimum atomic E-state index is -0.336. The molecule has 0 fully saturated rings. The van der Waals surface area contributed by atoms with E-state index < -0.39 is 0 Å². The second kappa shape index (κ2) is 8.99. The predicted octanol–water partition coefficient (Wildman–Crippen LogP) is 5.57. The lowest BCUT2D eigenvalue weighted by molar-refractivity contribution is -0.113. The van der Waals surface area contributed by atoms with Crippen LogP contribution in [0, 0.1) is 0 Å². The third-order valence-electron chi connectivity index (χ3n) is 3.41. The Morgan fingerprint density at radius 3 is 2.59 bits per heavy atom. The van der Waals surface area contributed by atoms with Crippen LogP contribution >= 0.6 is 35.0 Å². The number of hydrogen-bond donors (Lipinski definition) is 2. The molecule has 8 heteroatoms. The van der Waals surface area contributed by atoms with Gasteiger partial charge in [0.1, 0.15) is 0 Å². The van der Waals surface area contributed by atoms with Gasteiger partial charge in [-0.2, -0.15) is 0 Å². The Balaban J connectivity index is 1.56. The molecule has 0 spiro atoms. The van der Waals surface area contributed by atoms with Gasteiger partial charge in [-0.15, -0.1) is 11.8 Å². The Bertz CT molecular complexity index is 961. The highest BCUT2D eigenvalue weighted by Crippen LogP contribution is 2.26. The highest BCUT2D eigenvalue weighted by atomic mass is 35.5. The van der Waals surface area contributed by atoms with Gasteiger partial charge < -0.3 is 15.1 Å². The summed E-state index contributed by atoms with van der Waals surface area (Å²) in [6, 6.07) is 15.3. The van der Waals surface area contributed by atoms with Gasteiger partial charge in [0.05, 0.1) is 22.7 Å². The van der Waals surface area contributed by atoms with Crippen molar-refractivity contribution in [3.05, 3.63) is 76.7 Å². The molecule has 0 atom stereocenters. The van der Waals surface area contributed by atoms with Gasteiger partial charge in [0, 0.05) is 15.6 Å². The number of benzene rings is 2. The number of anilines is 2. The first kappa shape index (κ1) is 19.4. The number of halogens is 2. The summed E-state index contributed by atoms with van der Waals surface area (Å²) in [5.74, 6) is -0.118. The molecule has 2 N–H and O–H groups in total. The van der Waals surface area contributed by atoms with Gasteiger partial charge in [0.15, 0.2) is 5.76 Å². The Morgan fingerprint density at radius 2 is 1.85 bits per heavy atom. The lowest BCUT2D eigenvalue weighted by atomic mass is 10.3. The first-order valence-electron chi connectivity index (χ1n) is 7.84. The summed E-state index contributed by atoms with van der Waals surface area (Å²) < 4.78 is 5.06. The molecule has 0 bridgehead atoms. The number of amides is 2. The Hall–Kier alpha value is -2.41. The molecule has 1 aromatic heterocycles. The highest BCUT2D eigenvalue weighted by Gasteiger charge is 2.10. The summed E-state index contributed by atoms with van der Waals surface area (Å²) in [5.41, 5.74) is 1.12. The summed E-state index contributed by atoms with van der Waals surface area (Å²) in [6.45, 7) is 0. The number of carbonyl (C=O) groups excluding carboxylic acids is 2. The normalized spacial score (nSPS) is 10.4. The molecule has 3 aromatic rings. The zero-order chi connectivity index (χ0) is 19.2. The van der Waals surface area contributed by atoms with E-state index in [-0.39, 0.29) is 23.3 Å². The number of nitrogens with one attached hydrogen (secondary N) is 2. The van der Waals surface area contributed by atoms with E-state index in [4.69, 9.17) is 27.6 Å². The molecule has 2 aromatic carbocycles. The molecule has 0 radical (unpaired) electrons. The molecule has 0 aliphatic heterocycles. The lowest BCUT2D eigenvalue weighted by Gasteiger charge is -2.08. The van der Waals surface area contributed by atoms with Crippen molar-refractivity contribution in [3.63, 3.8) is 0 Å². The first-order chi connectivity index (χ1) is 13.0. The van der Waals surface area contributed by atoms with E-state index in [2.05, 4.69) is 10.6 Å². The van der Waals surface area contributed by atoms with Gasteiger partial charge in [-0.05, 0) is 48.5 Å². The number of hydrogen-bond acceptors (Lipinski definition) is 4. The maximum Gasteiger partial charge on any atom is 0.291 e. The Kier molecular flexibility index (Phi) is 6.45. The van der Waals surface area contributed by atoms with Crippen molar-refractivity contribution >= 4 is 58.2 Å². The molecule has 2 amide bonds. The molecule has 0 saturated carbocycles. The standard InChI is InChI=1S/C19H14Cl2N2O3S/c20-12-6-7-16(15(21)9-12)23-18(24)11-27-14-4-1-3-13(10-14)22-19(25)17-5-2-8-26-17/h1-10H,11H2,(H,22,25)(H,23,24). The molecule has 0 aliphatic rings. The van der Waals surface area contributed by atoms with E-state index >= 15 is 0 Å². The minimum Gasteiger partial charge on any atom is -0.459 e. The third-order valence-corrected chi connectivity index (χ3v) is 4.95. The second-order valence-electron chi connectivity index (χ2n) is 5.42. The largest absolute Gasteiger partial charge is 0.459 e. The molecule has 0 saturated heterocycles. The smallest absolute Gasteiger partial charge is 0.291 e. The fraction of sp³-hybridized carbons (Fsp3) is 0.0526. The summed E-state index contributed by atoms with van der Waals surface area (Å²) in [6.07, 6.45) is 1.44. The van der Waals surface area contributed by atoms with Gasteiger partial charge >= 0.3 is 0 Å². The number of carbonyl (C=O) groups is 2. The lowest BCUT2D eigenvalue weighted by Crippen LogP contribution is -2.14. The first-order valence-corrected chi connectivity index (χ1v) is 9.58. The monoisotopic (exact) mass is 420 g/mol. The molecule has 0 unspecified atom stereocenters. The molecule has 3 rings (SSSR count). The average molecular weight is 421 g/mol. The van der Waals surface area contributed by atoms with Crippen molar-refractivity contribution in [1.29, 1.82) is 0 Å². The number of thioether (sulfide) groups is 1. The van der Waals surface area contributed by atoms with Gasteiger partial charge in [-0.1, -0.05) is 29.3 Å². The molecular formula is C19H14Cl2N2O3S. The SMILES string of the molecule is O=C(CSc1cccc(NC(=O)c2ccco2)c1)Nc1ccc(Cl)cc1Cl. The zero-order valence-corrected chi connectivity index (χ0v) is 16.2. The van der Waals surface area contributed by atoms with Crippen LogP contribution in [0.2, 0.25) is 10.0 Å². The van der Waals surface area contributed by atoms with Crippen molar-refractivity contribution in [2.75, 3.05) is 16.4 Å². The fourth-order valence-corrected chi connectivity index (χ4v) is 3.40. The number of rotatable bonds is 6. The molecule has 1 heterocycles. The van der Waals surface area contributed by atoms with Crippen LogP contribution in [-0.4, -0.2) is 17.6 Å². The minimum absolute atomic E-state index is 0.189. The van der Waals surface area contributed by atoms with E-state index in [1.807, 2.05) is 6.07 Å². The van der Waals surface area contributed by atoms with Gasteiger partial charge in [0.2, 0.25) is 5.91 Å².